The number of carbonyl (C=O) groups is 1. The Kier molecular flexibility index (Phi) is 4.01. The molecule has 0 aliphatic carbocycles. The van der Waals surface area contributed by atoms with Gasteiger partial charge in [0, 0.05) is 11.0 Å². The normalized spacial score (nSPS) is 20.4. The molecule has 0 saturated carbocycles. The van der Waals surface area contributed by atoms with Crippen LogP contribution in [0.4, 0.5) is 0 Å². The number of benzene rings is 1. The third-order valence-corrected chi connectivity index (χ3v) is 4.32. The lowest BCUT2D eigenvalue weighted by molar-refractivity contribution is 0.0947. The second-order valence-electron chi connectivity index (χ2n) is 4.43. The number of hydrogen-bond donors (Lipinski definition) is 2. The van der Waals surface area contributed by atoms with Crippen molar-refractivity contribution in [2.24, 2.45) is 5.73 Å². The number of sulfone groups is 1. The predicted molar refractivity (Wildman–Crippen MR) is 73.4 cm³/mol. The molecule has 6 heteroatoms. The first kappa shape index (κ1) is 13.8. The maximum atomic E-state index is 12.1. The Morgan fingerprint density at radius 1 is 1.37 bits per heavy atom. The molecule has 1 unspecified atom stereocenters. The predicted octanol–water partition coefficient (Wildman–Crippen LogP) is 0.228. The van der Waals surface area contributed by atoms with E-state index in [4.69, 9.17) is 5.73 Å². The summed E-state index contributed by atoms with van der Waals surface area (Å²) in [5.41, 5.74) is 6.92. The minimum atomic E-state index is -3.16. The van der Waals surface area contributed by atoms with Crippen molar-refractivity contribution >= 4 is 15.7 Å². The van der Waals surface area contributed by atoms with Gasteiger partial charge in [0.25, 0.3) is 5.91 Å². The van der Waals surface area contributed by atoms with Gasteiger partial charge in [-0.1, -0.05) is 18.2 Å². The van der Waals surface area contributed by atoms with Crippen molar-refractivity contribution < 1.29 is 13.2 Å². The number of rotatable bonds is 4. The first-order valence-electron chi connectivity index (χ1n) is 6.01. The zero-order valence-electron chi connectivity index (χ0n) is 10.4. The van der Waals surface area contributed by atoms with Gasteiger partial charge in [-0.15, -0.1) is 0 Å². The van der Waals surface area contributed by atoms with E-state index in [0.29, 0.717) is 18.5 Å². The van der Waals surface area contributed by atoms with Crippen LogP contribution < -0.4 is 11.1 Å². The number of amides is 1. The molecule has 3 N–H and O–H groups in total. The molecule has 1 heterocycles. The Bertz CT molecular complexity index is 608. The van der Waals surface area contributed by atoms with Gasteiger partial charge >= 0.3 is 0 Å². The van der Waals surface area contributed by atoms with Crippen molar-refractivity contribution in [3.8, 4) is 0 Å². The molecule has 1 aromatic rings. The average Bonchev–Trinajstić information content (AvgIpc) is 2.69. The first-order valence-corrected chi connectivity index (χ1v) is 7.73. The zero-order chi connectivity index (χ0) is 13.9. The molecule has 0 spiro atoms. The molecule has 5 nitrogen and oxygen atoms in total. The molecule has 1 amide bonds. The van der Waals surface area contributed by atoms with E-state index >= 15 is 0 Å². The van der Waals surface area contributed by atoms with Crippen LogP contribution in [0.5, 0.6) is 0 Å². The number of carbonyl (C=O) groups excluding carboxylic acids is 1. The molecule has 0 fully saturated rings. The second kappa shape index (κ2) is 5.54. The summed E-state index contributed by atoms with van der Waals surface area (Å²) in [5.74, 6) is -0.339. The van der Waals surface area contributed by atoms with E-state index in [2.05, 4.69) is 5.32 Å². The van der Waals surface area contributed by atoms with Crippen molar-refractivity contribution in [2.45, 2.75) is 12.5 Å². The lowest BCUT2D eigenvalue weighted by Crippen LogP contribution is -2.36. The molecule has 102 valence electrons. The van der Waals surface area contributed by atoms with Crippen molar-refractivity contribution in [2.75, 3.05) is 12.3 Å². The Morgan fingerprint density at radius 2 is 2.11 bits per heavy atom. The molecule has 19 heavy (non-hydrogen) atoms. The number of hydrogen-bond acceptors (Lipinski definition) is 4. The molecule has 2 rings (SSSR count). The first-order chi connectivity index (χ1) is 9.02. The van der Waals surface area contributed by atoms with E-state index in [9.17, 15) is 13.2 Å². The van der Waals surface area contributed by atoms with Crippen molar-refractivity contribution in [3.05, 3.63) is 46.9 Å². The summed E-state index contributed by atoms with van der Waals surface area (Å²) in [7, 11) is -3.16. The topological polar surface area (TPSA) is 89.3 Å². The van der Waals surface area contributed by atoms with Gasteiger partial charge in [-0.2, -0.15) is 0 Å². The summed E-state index contributed by atoms with van der Waals surface area (Å²) in [6.07, 6.45) is 2.11. The van der Waals surface area contributed by atoms with Crippen molar-refractivity contribution in [1.29, 1.82) is 0 Å². The highest BCUT2D eigenvalue weighted by molar-refractivity contribution is 7.94. The van der Waals surface area contributed by atoms with Crippen molar-refractivity contribution in [3.63, 3.8) is 0 Å². The highest BCUT2D eigenvalue weighted by atomic mass is 32.2. The molecule has 0 saturated heterocycles. The fourth-order valence-corrected chi connectivity index (χ4v) is 3.26. The molecule has 0 bridgehead atoms. The zero-order valence-corrected chi connectivity index (χ0v) is 11.2. The summed E-state index contributed by atoms with van der Waals surface area (Å²) in [6, 6.07) is 6.73. The van der Waals surface area contributed by atoms with Crippen LogP contribution in [0.2, 0.25) is 0 Å². The van der Waals surface area contributed by atoms with Crippen LogP contribution in [0.15, 0.2) is 35.7 Å². The largest absolute Gasteiger partial charge is 0.345 e. The van der Waals surface area contributed by atoms with Crippen LogP contribution >= 0.6 is 0 Å². The highest BCUT2D eigenvalue weighted by Crippen LogP contribution is 2.12. The van der Waals surface area contributed by atoms with Gasteiger partial charge in [0.1, 0.15) is 0 Å². The van der Waals surface area contributed by atoms with Crippen molar-refractivity contribution in [1.82, 2.24) is 5.32 Å². The SMILES string of the molecule is NCCc1ccccc1C(=O)NC1C=CS(=O)(=O)C1. The fraction of sp³-hybridized carbons (Fsp3) is 0.308. The van der Waals surface area contributed by atoms with Crippen LogP contribution in [-0.2, 0) is 16.3 Å². The maximum Gasteiger partial charge on any atom is 0.252 e. The minimum Gasteiger partial charge on any atom is -0.345 e. The molecular weight excluding hydrogens is 264 g/mol. The van der Waals surface area contributed by atoms with E-state index in [1.807, 2.05) is 12.1 Å². The van der Waals surface area contributed by atoms with Gasteiger partial charge < -0.3 is 11.1 Å². The molecule has 1 atom stereocenters. The summed E-state index contributed by atoms with van der Waals surface area (Å²) < 4.78 is 22.5. The van der Waals surface area contributed by atoms with Crippen LogP contribution in [-0.4, -0.2) is 32.7 Å². The molecule has 1 aliphatic rings. The van der Waals surface area contributed by atoms with Gasteiger partial charge in [0.15, 0.2) is 9.84 Å². The Hall–Kier alpha value is -1.66. The molecule has 0 radical (unpaired) electrons. The molecule has 1 aromatic carbocycles. The van der Waals surface area contributed by atoms with Crippen LogP contribution in [0.25, 0.3) is 0 Å². The molecule has 1 aliphatic heterocycles. The summed E-state index contributed by atoms with van der Waals surface area (Å²) in [4.78, 5) is 12.1. The van der Waals surface area contributed by atoms with Gasteiger partial charge in [-0.3, -0.25) is 4.79 Å². The average molecular weight is 280 g/mol. The van der Waals surface area contributed by atoms with Gasteiger partial charge in [-0.25, -0.2) is 8.42 Å². The Labute approximate surface area is 112 Å². The third kappa shape index (κ3) is 3.42. The lowest BCUT2D eigenvalue weighted by Gasteiger charge is -2.12. The van der Waals surface area contributed by atoms with Crippen LogP contribution in [0.1, 0.15) is 15.9 Å². The number of nitrogens with one attached hydrogen (secondary N) is 1. The maximum absolute atomic E-state index is 12.1. The summed E-state index contributed by atoms with van der Waals surface area (Å²) >= 11 is 0. The van der Waals surface area contributed by atoms with E-state index in [-0.39, 0.29) is 11.7 Å². The standard InChI is InChI=1S/C13H16N2O3S/c14-7-5-10-3-1-2-4-12(10)13(16)15-11-6-8-19(17,18)9-11/h1-4,6,8,11H,5,7,9,14H2,(H,15,16). The third-order valence-electron chi connectivity index (χ3n) is 2.92. The van der Waals surface area contributed by atoms with Gasteiger partial charge in [0.2, 0.25) is 0 Å². The van der Waals surface area contributed by atoms with E-state index in [1.54, 1.807) is 12.1 Å². The van der Waals surface area contributed by atoms with E-state index in [1.165, 1.54) is 6.08 Å². The minimum absolute atomic E-state index is 0.0716. The number of nitrogens with two attached hydrogens (primary N) is 1. The monoisotopic (exact) mass is 280 g/mol. The smallest absolute Gasteiger partial charge is 0.252 e. The summed E-state index contributed by atoms with van der Waals surface area (Å²) in [6.45, 7) is 0.460. The van der Waals surface area contributed by atoms with E-state index in [0.717, 1.165) is 11.0 Å². The quantitative estimate of drug-likeness (QED) is 0.826. The molecule has 0 aromatic heterocycles. The Morgan fingerprint density at radius 3 is 2.74 bits per heavy atom. The molecular formula is C13H16N2O3S. The van der Waals surface area contributed by atoms with Gasteiger partial charge in [-0.05, 0) is 30.7 Å². The fourth-order valence-electron chi connectivity index (χ4n) is 2.03. The highest BCUT2D eigenvalue weighted by Gasteiger charge is 2.23. The Balaban J connectivity index is 2.11. The summed E-state index contributed by atoms with van der Waals surface area (Å²) in [5, 5.41) is 3.85. The van der Waals surface area contributed by atoms with Crippen LogP contribution in [0.3, 0.4) is 0 Å². The van der Waals surface area contributed by atoms with Crippen LogP contribution in [0, 0.1) is 0 Å². The van der Waals surface area contributed by atoms with E-state index < -0.39 is 15.9 Å². The second-order valence-corrected chi connectivity index (χ2v) is 6.37. The van der Waals surface area contributed by atoms with Gasteiger partial charge in [0.05, 0.1) is 11.8 Å². The lowest BCUT2D eigenvalue weighted by atomic mass is 10.0.